The Morgan fingerprint density at radius 1 is 0.969 bits per heavy atom. The molecule has 1 amide bonds. The normalized spacial score (nSPS) is 11.3. The Morgan fingerprint density at radius 3 is 2.47 bits per heavy atom. The lowest BCUT2D eigenvalue weighted by atomic mass is 10.1. The Hall–Kier alpha value is -2.10. The number of aromatic nitrogens is 2. The summed E-state index contributed by atoms with van der Waals surface area (Å²) >= 11 is 16.6. The van der Waals surface area contributed by atoms with E-state index in [0.717, 1.165) is 14.4 Å². The van der Waals surface area contributed by atoms with Crippen molar-refractivity contribution in [3.05, 3.63) is 81.8 Å². The van der Waals surface area contributed by atoms with Crippen molar-refractivity contribution in [2.24, 2.45) is 5.10 Å². The second-order valence-corrected chi connectivity index (χ2v) is 10.7. The lowest BCUT2D eigenvalue weighted by Crippen LogP contribution is -2.19. The summed E-state index contributed by atoms with van der Waals surface area (Å²) in [4.78, 5) is 12.1. The van der Waals surface area contributed by atoms with Crippen LogP contribution in [-0.4, -0.2) is 28.1 Å². The van der Waals surface area contributed by atoms with Gasteiger partial charge in [-0.05, 0) is 28.5 Å². The fourth-order valence-electron chi connectivity index (χ4n) is 2.83. The highest BCUT2D eigenvalue weighted by Gasteiger charge is 2.10. The highest BCUT2D eigenvalue weighted by molar-refractivity contribution is 8.03. The van der Waals surface area contributed by atoms with Crippen molar-refractivity contribution < 1.29 is 4.79 Å². The first kappa shape index (κ1) is 23.1. The van der Waals surface area contributed by atoms with Crippen LogP contribution in [0.25, 0.3) is 10.8 Å². The topological polar surface area (TPSA) is 67.2 Å². The summed E-state index contributed by atoms with van der Waals surface area (Å²) in [5.41, 5.74) is 4.28. The molecule has 0 spiro atoms. The van der Waals surface area contributed by atoms with Crippen LogP contribution in [0.3, 0.4) is 0 Å². The number of benzene rings is 3. The molecule has 0 aliphatic carbocycles. The fourth-order valence-corrected chi connectivity index (χ4v) is 6.15. The number of nitrogens with zero attached hydrogens (tertiary/aromatic N) is 3. The molecule has 0 unspecified atom stereocenters. The summed E-state index contributed by atoms with van der Waals surface area (Å²) in [6, 6.07) is 19.8. The number of nitrogens with one attached hydrogen (secondary N) is 1. The molecule has 1 aromatic heterocycles. The van der Waals surface area contributed by atoms with Crippen LogP contribution in [0.4, 0.5) is 0 Å². The van der Waals surface area contributed by atoms with Crippen molar-refractivity contribution in [2.45, 2.75) is 14.4 Å². The predicted molar refractivity (Wildman–Crippen MR) is 136 cm³/mol. The van der Waals surface area contributed by atoms with E-state index >= 15 is 0 Å². The standard InChI is InChI=1S/C22H16Cl2N4OS3/c23-18-9-4-10-19(24)17(18)11-25-26-20(29)13-31-22-28-27-21(32-22)30-12-15-7-3-6-14-5-1-2-8-16(14)15/h1-11H,12-13H2,(H,26,29)/b25-11+. The maximum Gasteiger partial charge on any atom is 0.250 e. The van der Waals surface area contributed by atoms with Gasteiger partial charge in [0.25, 0.3) is 5.91 Å². The van der Waals surface area contributed by atoms with Gasteiger partial charge in [0.2, 0.25) is 0 Å². The zero-order chi connectivity index (χ0) is 22.3. The maximum atomic E-state index is 12.1. The summed E-state index contributed by atoms with van der Waals surface area (Å²) in [5, 5.41) is 15.7. The van der Waals surface area contributed by atoms with Crippen molar-refractivity contribution in [2.75, 3.05) is 5.75 Å². The molecule has 32 heavy (non-hydrogen) atoms. The first-order valence-corrected chi connectivity index (χ1v) is 13.0. The van der Waals surface area contributed by atoms with Gasteiger partial charge in [0.05, 0.1) is 22.0 Å². The molecule has 0 radical (unpaired) electrons. The lowest BCUT2D eigenvalue weighted by molar-refractivity contribution is -0.118. The van der Waals surface area contributed by atoms with Gasteiger partial charge in [-0.25, -0.2) is 5.43 Å². The molecule has 0 aliphatic rings. The number of carbonyl (C=O) groups is 1. The van der Waals surface area contributed by atoms with Crippen molar-refractivity contribution in [3.63, 3.8) is 0 Å². The minimum absolute atomic E-state index is 0.177. The third kappa shape index (κ3) is 6.02. The van der Waals surface area contributed by atoms with Crippen LogP contribution in [0.15, 0.2) is 74.4 Å². The third-order valence-electron chi connectivity index (χ3n) is 4.33. The van der Waals surface area contributed by atoms with Crippen LogP contribution in [-0.2, 0) is 10.5 Å². The molecule has 3 aromatic carbocycles. The zero-order valence-corrected chi connectivity index (χ0v) is 20.5. The van der Waals surface area contributed by atoms with E-state index in [2.05, 4.69) is 51.1 Å². The highest BCUT2D eigenvalue weighted by Crippen LogP contribution is 2.32. The van der Waals surface area contributed by atoms with Gasteiger partial charge in [-0.1, -0.05) is 107 Å². The second-order valence-electron chi connectivity index (χ2n) is 6.48. The van der Waals surface area contributed by atoms with E-state index in [4.69, 9.17) is 23.2 Å². The van der Waals surface area contributed by atoms with Gasteiger partial charge in [0, 0.05) is 11.3 Å². The summed E-state index contributed by atoms with van der Waals surface area (Å²) in [7, 11) is 0. The zero-order valence-electron chi connectivity index (χ0n) is 16.5. The SMILES string of the molecule is O=C(CSc1nnc(SCc2cccc3ccccc23)s1)N/N=C/c1c(Cl)cccc1Cl. The number of halogens is 2. The first-order chi connectivity index (χ1) is 15.6. The number of amides is 1. The van der Waals surface area contributed by atoms with Crippen LogP contribution in [0, 0.1) is 0 Å². The average Bonchev–Trinajstić information content (AvgIpc) is 3.26. The van der Waals surface area contributed by atoms with Crippen LogP contribution < -0.4 is 5.43 Å². The molecule has 0 saturated carbocycles. The monoisotopic (exact) mass is 518 g/mol. The molecule has 1 heterocycles. The van der Waals surface area contributed by atoms with E-state index in [9.17, 15) is 4.79 Å². The molecule has 0 atom stereocenters. The lowest BCUT2D eigenvalue weighted by Gasteiger charge is -2.04. The van der Waals surface area contributed by atoms with Crippen molar-refractivity contribution in [1.82, 2.24) is 15.6 Å². The number of thioether (sulfide) groups is 2. The smallest absolute Gasteiger partial charge is 0.250 e. The van der Waals surface area contributed by atoms with Gasteiger partial charge in [-0.15, -0.1) is 10.2 Å². The largest absolute Gasteiger partial charge is 0.272 e. The molecule has 0 saturated heterocycles. The van der Waals surface area contributed by atoms with Crippen LogP contribution in [0.1, 0.15) is 11.1 Å². The number of carbonyl (C=O) groups excluding carboxylic acids is 1. The van der Waals surface area contributed by atoms with Crippen molar-refractivity contribution >= 4 is 81.0 Å². The number of hydrogen-bond acceptors (Lipinski definition) is 7. The van der Waals surface area contributed by atoms with Gasteiger partial charge >= 0.3 is 0 Å². The van der Waals surface area contributed by atoms with E-state index in [0.29, 0.717) is 15.6 Å². The quantitative estimate of drug-likeness (QED) is 0.163. The Balaban J connectivity index is 1.27. The summed E-state index contributed by atoms with van der Waals surface area (Å²) < 4.78 is 1.60. The molecule has 0 bridgehead atoms. The molecule has 0 aliphatic heterocycles. The number of rotatable bonds is 8. The molecule has 1 N–H and O–H groups in total. The first-order valence-electron chi connectivity index (χ1n) is 9.42. The second kappa shape index (κ2) is 11.2. The number of fused-ring (bicyclic) bond motifs is 1. The Labute approximate surface area is 207 Å². The Kier molecular flexibility index (Phi) is 8.05. The van der Waals surface area contributed by atoms with Gasteiger partial charge in [0.1, 0.15) is 0 Å². The van der Waals surface area contributed by atoms with E-state index in [1.165, 1.54) is 45.6 Å². The van der Waals surface area contributed by atoms with Crippen molar-refractivity contribution in [3.8, 4) is 0 Å². The highest BCUT2D eigenvalue weighted by atomic mass is 35.5. The number of hydrogen-bond donors (Lipinski definition) is 1. The Bertz CT molecular complexity index is 1250. The van der Waals surface area contributed by atoms with E-state index in [1.807, 2.05) is 12.1 Å². The maximum absolute atomic E-state index is 12.1. The van der Waals surface area contributed by atoms with E-state index in [1.54, 1.807) is 30.0 Å². The molecular weight excluding hydrogens is 503 g/mol. The number of hydrazone groups is 1. The third-order valence-corrected chi connectivity index (χ3v) is 8.23. The Morgan fingerprint density at radius 2 is 1.66 bits per heavy atom. The minimum atomic E-state index is -0.255. The minimum Gasteiger partial charge on any atom is -0.272 e. The molecule has 4 rings (SSSR count). The summed E-state index contributed by atoms with van der Waals surface area (Å²) in [6.45, 7) is 0. The van der Waals surface area contributed by atoms with Gasteiger partial charge in [-0.2, -0.15) is 5.10 Å². The molecule has 4 aromatic rings. The van der Waals surface area contributed by atoms with Crippen molar-refractivity contribution in [1.29, 1.82) is 0 Å². The van der Waals surface area contributed by atoms with E-state index < -0.39 is 0 Å². The van der Waals surface area contributed by atoms with Crippen LogP contribution in [0.5, 0.6) is 0 Å². The molecule has 0 fully saturated rings. The predicted octanol–water partition coefficient (Wildman–Crippen LogP) is 6.53. The molecule has 162 valence electrons. The summed E-state index contributed by atoms with van der Waals surface area (Å²) in [5.74, 6) is 0.728. The molecule has 5 nitrogen and oxygen atoms in total. The molecule has 10 heteroatoms. The van der Waals surface area contributed by atoms with Gasteiger partial charge in [0.15, 0.2) is 8.68 Å². The van der Waals surface area contributed by atoms with Gasteiger partial charge in [-0.3, -0.25) is 4.79 Å². The molecular formula is C22H16Cl2N4OS3. The summed E-state index contributed by atoms with van der Waals surface area (Å²) in [6.07, 6.45) is 1.43. The van der Waals surface area contributed by atoms with Crippen LogP contribution >= 0.6 is 58.1 Å². The van der Waals surface area contributed by atoms with E-state index in [-0.39, 0.29) is 11.7 Å². The van der Waals surface area contributed by atoms with Crippen LogP contribution in [0.2, 0.25) is 10.0 Å². The fraction of sp³-hybridized carbons (Fsp3) is 0.0909. The average molecular weight is 520 g/mol. The van der Waals surface area contributed by atoms with Gasteiger partial charge < -0.3 is 0 Å².